The second-order valence-electron chi connectivity index (χ2n) is 7.22. The average Bonchev–Trinajstić information content (AvgIpc) is 3.23. The summed E-state index contributed by atoms with van der Waals surface area (Å²) in [4.78, 5) is 29.0. The zero-order valence-electron chi connectivity index (χ0n) is 17.2. The minimum Gasteiger partial charge on any atom is -0.336 e. The van der Waals surface area contributed by atoms with E-state index in [-0.39, 0.29) is 18.0 Å². The van der Waals surface area contributed by atoms with E-state index < -0.39 is 0 Å². The van der Waals surface area contributed by atoms with Gasteiger partial charge in [-0.15, -0.1) is 0 Å². The summed E-state index contributed by atoms with van der Waals surface area (Å²) in [5, 5.41) is 9.15. The van der Waals surface area contributed by atoms with Crippen molar-refractivity contribution in [2.45, 2.75) is 26.4 Å². The fraction of sp³-hybridized carbons (Fsp3) is 0.190. The molecule has 1 aromatic carbocycles. The Hall–Kier alpha value is -4.05. The van der Waals surface area contributed by atoms with Crippen molar-refractivity contribution < 1.29 is 4.79 Å². The number of benzene rings is 1. The van der Waals surface area contributed by atoms with Crippen LogP contribution in [0.4, 0.5) is 22.4 Å². The van der Waals surface area contributed by atoms with Gasteiger partial charge in [0.25, 0.3) is 0 Å². The highest BCUT2D eigenvalue weighted by Crippen LogP contribution is 2.19. The van der Waals surface area contributed by atoms with E-state index in [1.807, 2.05) is 61.1 Å². The van der Waals surface area contributed by atoms with E-state index in [1.165, 1.54) is 0 Å². The Kier molecular flexibility index (Phi) is 5.72. The molecule has 158 valence electrons. The predicted molar refractivity (Wildman–Crippen MR) is 119 cm³/mol. The van der Waals surface area contributed by atoms with E-state index >= 15 is 0 Å². The second kappa shape index (κ2) is 8.76. The number of nitrogens with one attached hydrogen (secondary N) is 3. The maximum absolute atomic E-state index is 11.9. The molecule has 10 heteroatoms. The van der Waals surface area contributed by atoms with E-state index in [0.29, 0.717) is 23.5 Å². The van der Waals surface area contributed by atoms with Gasteiger partial charge >= 0.3 is 6.03 Å². The third-order valence-electron chi connectivity index (χ3n) is 4.39. The van der Waals surface area contributed by atoms with Crippen molar-refractivity contribution in [1.29, 1.82) is 0 Å². The van der Waals surface area contributed by atoms with Crippen LogP contribution in [0.3, 0.4) is 0 Å². The van der Waals surface area contributed by atoms with Gasteiger partial charge in [-0.1, -0.05) is 0 Å². The molecule has 10 nitrogen and oxygen atoms in total. The Morgan fingerprint density at radius 1 is 1.06 bits per heavy atom. The number of urea groups is 1. The minimum absolute atomic E-state index is 0.00481. The number of nitrogens with zero attached hydrogens (tertiary/aromatic N) is 5. The summed E-state index contributed by atoms with van der Waals surface area (Å²) in [5.41, 5.74) is 9.02. The number of amides is 2. The lowest BCUT2D eigenvalue weighted by Crippen LogP contribution is -2.34. The lowest BCUT2D eigenvalue weighted by atomic mass is 10.3. The molecule has 4 rings (SSSR count). The third-order valence-corrected chi connectivity index (χ3v) is 4.39. The molecule has 0 atom stereocenters. The highest BCUT2D eigenvalue weighted by Gasteiger charge is 2.08. The molecule has 2 amide bonds. The molecule has 0 bridgehead atoms. The van der Waals surface area contributed by atoms with Crippen LogP contribution in [-0.2, 0) is 6.54 Å². The normalized spacial score (nSPS) is 11.0. The topological polar surface area (TPSA) is 136 Å². The van der Waals surface area contributed by atoms with Gasteiger partial charge in [-0.05, 0) is 49.7 Å². The first-order valence-corrected chi connectivity index (χ1v) is 9.82. The molecular formula is C21H23N9O. The summed E-state index contributed by atoms with van der Waals surface area (Å²) in [6, 6.07) is 9.48. The smallest absolute Gasteiger partial charge is 0.321 e. The Balaban J connectivity index is 1.49. The lowest BCUT2D eigenvalue weighted by molar-refractivity contribution is 0.250. The molecule has 0 saturated carbocycles. The molecule has 3 aromatic heterocycles. The van der Waals surface area contributed by atoms with Gasteiger partial charge in [0.15, 0.2) is 5.65 Å². The van der Waals surface area contributed by atoms with Crippen molar-refractivity contribution in [2.75, 3.05) is 10.6 Å². The number of hydrogen-bond acceptors (Lipinski definition) is 7. The number of anilines is 3. The highest BCUT2D eigenvalue weighted by atomic mass is 16.2. The first kappa shape index (κ1) is 20.2. The maximum atomic E-state index is 11.9. The summed E-state index contributed by atoms with van der Waals surface area (Å²) in [6.07, 6.45) is 7.18. The van der Waals surface area contributed by atoms with Crippen LogP contribution in [0.5, 0.6) is 0 Å². The molecule has 3 heterocycles. The number of aromatic nitrogens is 5. The fourth-order valence-electron chi connectivity index (χ4n) is 2.91. The Labute approximate surface area is 179 Å². The summed E-state index contributed by atoms with van der Waals surface area (Å²) >= 11 is 0. The number of carbonyl (C=O) groups excluding carboxylic acids is 1. The van der Waals surface area contributed by atoms with Crippen LogP contribution in [-0.4, -0.2) is 36.6 Å². The second-order valence-corrected chi connectivity index (χ2v) is 7.22. The zero-order chi connectivity index (χ0) is 21.8. The number of rotatable bonds is 6. The molecule has 0 spiro atoms. The van der Waals surface area contributed by atoms with Crippen LogP contribution in [0.15, 0.2) is 55.1 Å². The SMILES string of the molecule is CC(C)NC(=O)Nc1ncc2cnc(Nc3ccc(-n4ccc(CN)c4)cc3)nc2n1. The van der Waals surface area contributed by atoms with Crippen molar-refractivity contribution >= 4 is 34.6 Å². The molecule has 0 aliphatic carbocycles. The van der Waals surface area contributed by atoms with Crippen LogP contribution < -0.4 is 21.7 Å². The van der Waals surface area contributed by atoms with Gasteiger partial charge < -0.3 is 20.9 Å². The predicted octanol–water partition coefficient (Wildman–Crippen LogP) is 2.94. The molecule has 0 saturated heterocycles. The first-order chi connectivity index (χ1) is 15.0. The standard InChI is InChI=1S/C21H23N9O/c1-13(2)25-21(31)29-20-24-11-15-10-23-19(27-18(15)28-20)26-16-3-5-17(6-4-16)30-8-7-14(9-22)12-30/h3-8,10-13H,9,22H2,1-2H3,(H3,23,24,25,26,27,28,29,31). The van der Waals surface area contributed by atoms with Crippen molar-refractivity contribution in [2.24, 2.45) is 5.73 Å². The summed E-state index contributed by atoms with van der Waals surface area (Å²) in [6.45, 7) is 4.25. The summed E-state index contributed by atoms with van der Waals surface area (Å²) in [7, 11) is 0. The van der Waals surface area contributed by atoms with Gasteiger partial charge in [0.05, 0.1) is 5.39 Å². The number of hydrogen-bond donors (Lipinski definition) is 4. The molecule has 0 radical (unpaired) electrons. The molecule has 0 aliphatic heterocycles. The van der Waals surface area contributed by atoms with Crippen LogP contribution in [0.2, 0.25) is 0 Å². The van der Waals surface area contributed by atoms with Crippen molar-refractivity contribution in [3.63, 3.8) is 0 Å². The first-order valence-electron chi connectivity index (χ1n) is 9.82. The molecule has 0 unspecified atom stereocenters. The monoisotopic (exact) mass is 417 g/mol. The average molecular weight is 417 g/mol. The zero-order valence-corrected chi connectivity index (χ0v) is 17.2. The molecule has 5 N–H and O–H groups in total. The van der Waals surface area contributed by atoms with Crippen LogP contribution in [0.1, 0.15) is 19.4 Å². The lowest BCUT2D eigenvalue weighted by Gasteiger charge is -2.10. The highest BCUT2D eigenvalue weighted by molar-refractivity contribution is 5.88. The van der Waals surface area contributed by atoms with Gasteiger partial charge in [0, 0.05) is 48.7 Å². The van der Waals surface area contributed by atoms with Gasteiger partial charge in [-0.3, -0.25) is 5.32 Å². The van der Waals surface area contributed by atoms with Gasteiger partial charge in [-0.25, -0.2) is 14.8 Å². The molecule has 0 aliphatic rings. The summed E-state index contributed by atoms with van der Waals surface area (Å²) in [5.74, 6) is 0.561. The van der Waals surface area contributed by atoms with E-state index in [0.717, 1.165) is 16.9 Å². The number of carbonyl (C=O) groups is 1. The Bertz CT molecular complexity index is 1200. The minimum atomic E-state index is -0.372. The number of nitrogens with two attached hydrogens (primary N) is 1. The van der Waals surface area contributed by atoms with Crippen molar-refractivity contribution in [3.05, 3.63) is 60.7 Å². The fourth-order valence-corrected chi connectivity index (χ4v) is 2.91. The van der Waals surface area contributed by atoms with Crippen LogP contribution >= 0.6 is 0 Å². The van der Waals surface area contributed by atoms with E-state index in [4.69, 9.17) is 5.73 Å². The Morgan fingerprint density at radius 2 is 1.77 bits per heavy atom. The largest absolute Gasteiger partial charge is 0.336 e. The van der Waals surface area contributed by atoms with Gasteiger partial charge in [0.1, 0.15) is 0 Å². The van der Waals surface area contributed by atoms with Crippen molar-refractivity contribution in [3.8, 4) is 5.69 Å². The molecular weight excluding hydrogens is 394 g/mol. The van der Waals surface area contributed by atoms with Crippen LogP contribution in [0.25, 0.3) is 16.7 Å². The van der Waals surface area contributed by atoms with Gasteiger partial charge in [0.2, 0.25) is 11.9 Å². The number of fused-ring (bicyclic) bond motifs is 1. The maximum Gasteiger partial charge on any atom is 0.321 e. The van der Waals surface area contributed by atoms with Crippen molar-refractivity contribution in [1.82, 2.24) is 29.8 Å². The van der Waals surface area contributed by atoms with E-state index in [9.17, 15) is 4.79 Å². The molecule has 0 fully saturated rings. The quantitative estimate of drug-likeness (QED) is 0.379. The molecule has 31 heavy (non-hydrogen) atoms. The van der Waals surface area contributed by atoms with Gasteiger partial charge in [-0.2, -0.15) is 9.97 Å². The van der Waals surface area contributed by atoms with Crippen LogP contribution in [0, 0.1) is 0 Å². The van der Waals surface area contributed by atoms with E-state index in [2.05, 4.69) is 35.9 Å². The summed E-state index contributed by atoms with van der Waals surface area (Å²) < 4.78 is 2.01. The third kappa shape index (κ3) is 4.93. The molecule has 4 aromatic rings. The Morgan fingerprint density at radius 3 is 2.45 bits per heavy atom. The van der Waals surface area contributed by atoms with E-state index in [1.54, 1.807) is 12.4 Å².